The van der Waals surface area contributed by atoms with E-state index in [0.29, 0.717) is 55.4 Å². The maximum atomic E-state index is 14.2. The van der Waals surface area contributed by atoms with Crippen molar-refractivity contribution in [3.05, 3.63) is 59.7 Å². The Morgan fingerprint density at radius 2 is 1.87 bits per heavy atom. The maximum absolute atomic E-state index is 14.2. The number of hydrogen-bond donors (Lipinski definition) is 3. The van der Waals surface area contributed by atoms with E-state index in [4.69, 9.17) is 33.8 Å². The minimum Gasteiger partial charge on any atom is -0.497 e. The summed E-state index contributed by atoms with van der Waals surface area (Å²) in [5, 5.41) is 9.05. The number of hydrogen-bond acceptors (Lipinski definition) is 11. The van der Waals surface area contributed by atoms with Crippen LogP contribution in [0.5, 0.6) is 11.5 Å². The van der Waals surface area contributed by atoms with Gasteiger partial charge in [0, 0.05) is 51.2 Å². The highest BCUT2D eigenvalue weighted by Gasteiger charge is 2.53. The highest BCUT2D eigenvalue weighted by Crippen LogP contribution is 2.44. The summed E-state index contributed by atoms with van der Waals surface area (Å²) in [4.78, 5) is 34.3. The Labute approximate surface area is 265 Å². The van der Waals surface area contributed by atoms with Crippen LogP contribution in [0.25, 0.3) is 0 Å². The number of morpholine rings is 1. The zero-order valence-electron chi connectivity index (χ0n) is 26.7. The molecule has 2 heterocycles. The average Bonchev–Trinajstić information content (AvgIpc) is 3.43. The number of ether oxygens (including phenoxy) is 5. The van der Waals surface area contributed by atoms with Gasteiger partial charge in [0.25, 0.3) is 5.91 Å². The van der Waals surface area contributed by atoms with Crippen LogP contribution in [0.4, 0.5) is 0 Å². The zero-order valence-corrected chi connectivity index (χ0v) is 26.7. The molecular weight excluding hydrogens is 580 g/mol. The van der Waals surface area contributed by atoms with E-state index in [2.05, 4.69) is 15.8 Å². The van der Waals surface area contributed by atoms with E-state index in [9.17, 15) is 9.59 Å². The molecule has 246 valence electrons. The van der Waals surface area contributed by atoms with Crippen LogP contribution >= 0.6 is 0 Å². The van der Waals surface area contributed by atoms with Crippen molar-refractivity contribution < 1.29 is 38.4 Å². The lowest BCUT2D eigenvalue weighted by Gasteiger charge is -2.31. The van der Waals surface area contributed by atoms with Gasteiger partial charge in [-0.25, -0.2) is 10.4 Å². The quantitative estimate of drug-likeness (QED) is 0.154. The van der Waals surface area contributed by atoms with Gasteiger partial charge in [0.05, 0.1) is 26.9 Å². The van der Waals surface area contributed by atoms with E-state index >= 15 is 0 Å². The van der Waals surface area contributed by atoms with Gasteiger partial charge in [0.1, 0.15) is 17.1 Å². The zero-order chi connectivity index (χ0) is 32.3. The lowest BCUT2D eigenvalue weighted by Crippen LogP contribution is -2.54. The van der Waals surface area contributed by atoms with Crippen molar-refractivity contribution in [2.24, 2.45) is 4.99 Å². The summed E-state index contributed by atoms with van der Waals surface area (Å²) in [6.07, 6.45) is -0.370. The standard InChI is InChI=1S/C33H46N4O8/c1-32(2,3)45-28(39)13-14-33(31(40)36-34-15-16-37-17-21-42-22-18-37)29(25-7-5-8-27(23-25)41-4)44-30(35-33)24-9-11-26(12-10-24)43-20-6-19-38/h5,7-12,23,29,34,38H,6,13-22H2,1-4H3,(H,36,40)/t29-,33-/m0/s1. The monoisotopic (exact) mass is 626 g/mol. The SMILES string of the molecule is COc1cccc([C@@H]2OC(c3ccc(OCCCO)cc3)=N[C@]2(CCC(=O)OC(C)(C)C)C(=O)NNCCN2CCOCC2)c1. The molecule has 2 aliphatic heterocycles. The molecule has 45 heavy (non-hydrogen) atoms. The van der Waals surface area contributed by atoms with Gasteiger partial charge in [0.15, 0.2) is 11.6 Å². The molecule has 0 radical (unpaired) electrons. The van der Waals surface area contributed by atoms with Gasteiger partial charge in [-0.2, -0.15) is 0 Å². The first-order chi connectivity index (χ1) is 21.6. The lowest BCUT2D eigenvalue weighted by molar-refractivity contribution is -0.155. The second-order valence-electron chi connectivity index (χ2n) is 12.0. The Bertz CT molecular complexity index is 1290. The molecule has 1 saturated heterocycles. The predicted molar refractivity (Wildman–Crippen MR) is 168 cm³/mol. The number of methoxy groups -OCH3 is 1. The number of nitrogens with zero attached hydrogens (tertiary/aromatic N) is 2. The number of carbonyl (C=O) groups is 2. The fourth-order valence-corrected chi connectivity index (χ4v) is 5.15. The van der Waals surface area contributed by atoms with Gasteiger partial charge >= 0.3 is 5.97 Å². The topological polar surface area (TPSA) is 140 Å². The van der Waals surface area contributed by atoms with Crippen molar-refractivity contribution in [1.82, 2.24) is 15.8 Å². The van der Waals surface area contributed by atoms with Gasteiger partial charge in [-0.1, -0.05) is 12.1 Å². The molecule has 1 fully saturated rings. The van der Waals surface area contributed by atoms with E-state index in [-0.39, 0.29) is 25.3 Å². The number of benzene rings is 2. The molecule has 3 N–H and O–H groups in total. The molecule has 2 aromatic rings. The molecule has 0 bridgehead atoms. The molecule has 2 atom stereocenters. The number of rotatable bonds is 15. The van der Waals surface area contributed by atoms with Crippen LogP contribution in [0.1, 0.15) is 57.3 Å². The van der Waals surface area contributed by atoms with Crippen LogP contribution in [0.3, 0.4) is 0 Å². The summed E-state index contributed by atoms with van der Waals surface area (Å²) in [7, 11) is 1.57. The van der Waals surface area contributed by atoms with Crippen molar-refractivity contribution >= 4 is 17.8 Å². The molecule has 0 aliphatic carbocycles. The fraction of sp³-hybridized carbons (Fsp3) is 0.545. The summed E-state index contributed by atoms with van der Waals surface area (Å²) in [5.41, 5.74) is 5.04. The van der Waals surface area contributed by atoms with Crippen LogP contribution in [-0.2, 0) is 23.8 Å². The number of aliphatic imine (C=N–C) groups is 1. The Kier molecular flexibility index (Phi) is 12.2. The lowest BCUT2D eigenvalue weighted by atomic mass is 9.83. The molecule has 12 heteroatoms. The number of aliphatic hydroxyl groups is 1. The van der Waals surface area contributed by atoms with Gasteiger partial charge in [-0.3, -0.25) is 19.9 Å². The molecule has 2 aromatic carbocycles. The third-order valence-corrected chi connectivity index (χ3v) is 7.42. The number of carbonyl (C=O) groups excluding carboxylic acids is 2. The number of nitrogens with one attached hydrogen (secondary N) is 2. The first-order valence-corrected chi connectivity index (χ1v) is 15.4. The average molecular weight is 627 g/mol. The first kappa shape index (κ1) is 34.2. The summed E-state index contributed by atoms with van der Waals surface area (Å²) in [6, 6.07) is 14.5. The van der Waals surface area contributed by atoms with Crippen molar-refractivity contribution in [3.8, 4) is 11.5 Å². The van der Waals surface area contributed by atoms with Gasteiger partial charge in [-0.05, 0) is 69.2 Å². The van der Waals surface area contributed by atoms with E-state index in [1.54, 1.807) is 52.1 Å². The van der Waals surface area contributed by atoms with Crippen molar-refractivity contribution in [2.75, 3.05) is 59.7 Å². The number of esters is 1. The highest BCUT2D eigenvalue weighted by molar-refractivity contribution is 6.01. The van der Waals surface area contributed by atoms with Gasteiger partial charge < -0.3 is 28.8 Å². The molecule has 0 spiro atoms. The normalized spacial score (nSPS) is 20.2. The number of hydrazine groups is 1. The van der Waals surface area contributed by atoms with E-state index < -0.39 is 29.1 Å². The third kappa shape index (κ3) is 9.64. The van der Waals surface area contributed by atoms with E-state index in [0.717, 1.165) is 19.6 Å². The van der Waals surface area contributed by atoms with Gasteiger partial charge in [0.2, 0.25) is 5.90 Å². The smallest absolute Gasteiger partial charge is 0.306 e. The maximum Gasteiger partial charge on any atom is 0.306 e. The Balaban J connectivity index is 1.64. The van der Waals surface area contributed by atoms with Crippen molar-refractivity contribution in [2.45, 2.75) is 57.3 Å². The Morgan fingerprint density at radius 3 is 2.56 bits per heavy atom. The highest BCUT2D eigenvalue weighted by atomic mass is 16.6. The Morgan fingerprint density at radius 1 is 1.11 bits per heavy atom. The van der Waals surface area contributed by atoms with Crippen LogP contribution in [0.2, 0.25) is 0 Å². The molecule has 0 saturated carbocycles. The largest absolute Gasteiger partial charge is 0.497 e. The second-order valence-corrected chi connectivity index (χ2v) is 12.0. The van der Waals surface area contributed by atoms with Crippen LogP contribution in [0, 0.1) is 0 Å². The van der Waals surface area contributed by atoms with Crippen LogP contribution in [0.15, 0.2) is 53.5 Å². The third-order valence-electron chi connectivity index (χ3n) is 7.42. The summed E-state index contributed by atoms with van der Waals surface area (Å²) >= 11 is 0. The van der Waals surface area contributed by atoms with Crippen molar-refractivity contribution in [3.63, 3.8) is 0 Å². The van der Waals surface area contributed by atoms with Crippen molar-refractivity contribution in [1.29, 1.82) is 0 Å². The molecule has 2 aliphatic rings. The van der Waals surface area contributed by atoms with Crippen LogP contribution in [-0.4, -0.2) is 98.6 Å². The molecule has 1 amide bonds. The minimum atomic E-state index is -1.51. The molecule has 0 unspecified atom stereocenters. The van der Waals surface area contributed by atoms with Gasteiger partial charge in [-0.15, -0.1) is 0 Å². The number of amides is 1. The fourth-order valence-electron chi connectivity index (χ4n) is 5.15. The van der Waals surface area contributed by atoms with E-state index in [1.165, 1.54) is 0 Å². The predicted octanol–water partition coefficient (Wildman–Crippen LogP) is 2.79. The summed E-state index contributed by atoms with van der Waals surface area (Å²) in [6.45, 7) is 10.1. The molecule has 0 aromatic heterocycles. The molecular formula is C33H46N4O8. The second kappa shape index (κ2) is 16.0. The Hall–Kier alpha value is -3.71. The minimum absolute atomic E-state index is 0.0343. The van der Waals surface area contributed by atoms with Crippen LogP contribution < -0.4 is 20.3 Å². The summed E-state index contributed by atoms with van der Waals surface area (Å²) in [5.74, 6) is 0.622. The molecule has 4 rings (SSSR count). The molecule has 12 nitrogen and oxygen atoms in total. The first-order valence-electron chi connectivity index (χ1n) is 15.4. The summed E-state index contributed by atoms with van der Waals surface area (Å²) < 4.78 is 28.7. The number of aliphatic hydroxyl groups excluding tert-OH is 1. The van der Waals surface area contributed by atoms with E-state index in [1.807, 2.05) is 24.3 Å².